The van der Waals surface area contributed by atoms with Gasteiger partial charge in [0.25, 0.3) is 0 Å². The third-order valence-electron chi connectivity index (χ3n) is 3.79. The van der Waals surface area contributed by atoms with Crippen LogP contribution in [0.1, 0.15) is 64.7 Å². The molecule has 0 amide bonds. The van der Waals surface area contributed by atoms with Gasteiger partial charge in [0.1, 0.15) is 6.61 Å². The lowest BCUT2D eigenvalue weighted by atomic mass is 9.99. The Morgan fingerprint density at radius 2 is 1.82 bits per heavy atom. The molecular weight excluding hydrogens is 316 g/mol. The summed E-state index contributed by atoms with van der Waals surface area (Å²) in [5.74, 6) is 1.80. The van der Waals surface area contributed by atoms with Crippen molar-refractivity contribution >= 4 is 30.4 Å². The Balaban J connectivity index is 1.87. The minimum absolute atomic E-state index is 0.0746. The molecule has 0 spiro atoms. The molecule has 1 unspecified atom stereocenters. The number of rotatable bonds is 10. The maximum absolute atomic E-state index is 11.3. The van der Waals surface area contributed by atoms with Crippen LogP contribution in [0.4, 0.5) is 0 Å². The Hall–Kier alpha value is 0.130. The van der Waals surface area contributed by atoms with Gasteiger partial charge in [-0.25, -0.2) is 0 Å². The molecule has 130 valence electrons. The smallest absolute Gasteiger partial charge is 0.306 e. The zero-order valence-corrected chi connectivity index (χ0v) is 15.6. The highest BCUT2D eigenvalue weighted by Crippen LogP contribution is 2.19. The number of thioether (sulfide) groups is 1. The van der Waals surface area contributed by atoms with Crippen molar-refractivity contribution in [2.24, 2.45) is 0 Å². The van der Waals surface area contributed by atoms with E-state index in [1.807, 2.05) is 18.7 Å². The predicted molar refractivity (Wildman–Crippen MR) is 98.0 cm³/mol. The van der Waals surface area contributed by atoms with E-state index in [1.54, 1.807) is 0 Å². The number of carbonyl (C=O) groups is 1. The third-order valence-corrected chi connectivity index (χ3v) is 5.01. The number of carbonyl (C=O) groups excluding carboxylic acids is 1. The number of esters is 1. The van der Waals surface area contributed by atoms with Crippen molar-refractivity contribution in [2.45, 2.75) is 76.1 Å². The monoisotopic (exact) mass is 348 g/mol. The van der Waals surface area contributed by atoms with E-state index in [1.165, 1.54) is 44.9 Å². The molecule has 5 heteroatoms. The van der Waals surface area contributed by atoms with E-state index < -0.39 is 0 Å². The van der Waals surface area contributed by atoms with Gasteiger partial charge >= 0.3 is 5.97 Å². The third kappa shape index (κ3) is 11.7. The summed E-state index contributed by atoms with van der Waals surface area (Å²) in [4.78, 5) is 11.3. The van der Waals surface area contributed by atoms with E-state index in [0.717, 1.165) is 24.5 Å². The Bertz CT molecular complexity index is 277. The molecule has 0 aromatic rings. The first-order valence-electron chi connectivity index (χ1n) is 8.71. The summed E-state index contributed by atoms with van der Waals surface area (Å²) in [5.41, 5.74) is 0. The van der Waals surface area contributed by atoms with Gasteiger partial charge in [-0.05, 0) is 25.0 Å². The summed E-state index contributed by atoms with van der Waals surface area (Å²) < 4.78 is 11.1. The molecule has 1 atom stereocenters. The van der Waals surface area contributed by atoms with Crippen molar-refractivity contribution in [3.63, 3.8) is 0 Å². The number of hydrogen-bond donors (Lipinski definition) is 1. The van der Waals surface area contributed by atoms with Gasteiger partial charge in [0.05, 0.1) is 12.5 Å². The zero-order chi connectivity index (χ0) is 16.0. The molecule has 22 heavy (non-hydrogen) atoms. The van der Waals surface area contributed by atoms with Gasteiger partial charge in [0, 0.05) is 17.6 Å². The van der Waals surface area contributed by atoms with Crippen LogP contribution < -0.4 is 0 Å². The van der Waals surface area contributed by atoms with Crippen molar-refractivity contribution in [3.8, 4) is 0 Å². The predicted octanol–water partition coefficient (Wildman–Crippen LogP) is 4.49. The number of thiol groups is 1. The molecule has 1 aliphatic carbocycles. The largest absolute Gasteiger partial charge is 0.465 e. The summed E-state index contributed by atoms with van der Waals surface area (Å²) in [6.07, 6.45) is 11.3. The summed E-state index contributed by atoms with van der Waals surface area (Å²) in [6.45, 7) is 3.28. The first-order valence-corrected chi connectivity index (χ1v) is 10.4. The van der Waals surface area contributed by atoms with E-state index in [-0.39, 0.29) is 11.2 Å². The fourth-order valence-corrected chi connectivity index (χ4v) is 3.49. The van der Waals surface area contributed by atoms with E-state index >= 15 is 0 Å². The molecule has 0 aliphatic heterocycles. The van der Waals surface area contributed by atoms with Gasteiger partial charge in [-0.3, -0.25) is 4.79 Å². The van der Waals surface area contributed by atoms with Crippen molar-refractivity contribution in [2.75, 3.05) is 24.7 Å². The molecule has 0 N–H and O–H groups in total. The summed E-state index contributed by atoms with van der Waals surface area (Å²) in [6, 6.07) is 0. The first kappa shape index (κ1) is 20.2. The summed E-state index contributed by atoms with van der Waals surface area (Å²) >= 11 is 6.01. The highest BCUT2D eigenvalue weighted by Gasteiger charge is 2.11. The number of hydrogen-bond acceptors (Lipinski definition) is 5. The first-order chi connectivity index (χ1) is 10.7. The second kappa shape index (κ2) is 13.6. The molecule has 1 aliphatic rings. The van der Waals surface area contributed by atoms with Gasteiger partial charge in [-0.2, -0.15) is 24.4 Å². The molecule has 0 saturated heterocycles. The maximum Gasteiger partial charge on any atom is 0.306 e. The standard InChI is InChI=1S/C17H32O3S2/c1-15(21)14-17(18)20-11-13-22-12-7-10-19-16-8-5-3-2-4-6-9-16/h15-16,21H,2-14H2,1H3. The van der Waals surface area contributed by atoms with Crippen LogP contribution in [0, 0.1) is 0 Å². The Morgan fingerprint density at radius 3 is 2.50 bits per heavy atom. The maximum atomic E-state index is 11.3. The quantitative estimate of drug-likeness (QED) is 0.358. The molecule has 1 saturated carbocycles. The van der Waals surface area contributed by atoms with Crippen molar-refractivity contribution < 1.29 is 14.3 Å². The lowest BCUT2D eigenvalue weighted by Gasteiger charge is -2.20. The minimum atomic E-state index is -0.143. The molecular formula is C17H32O3S2. The average Bonchev–Trinajstić information content (AvgIpc) is 2.42. The van der Waals surface area contributed by atoms with Crippen molar-refractivity contribution in [3.05, 3.63) is 0 Å². The second-order valence-corrected chi connectivity index (χ2v) is 8.18. The highest BCUT2D eigenvalue weighted by molar-refractivity contribution is 7.99. The van der Waals surface area contributed by atoms with Crippen molar-refractivity contribution in [1.29, 1.82) is 0 Å². The summed E-state index contributed by atoms with van der Waals surface area (Å²) in [7, 11) is 0. The van der Waals surface area contributed by atoms with Crippen LogP contribution in [0.5, 0.6) is 0 Å². The normalized spacial score (nSPS) is 18.5. The molecule has 0 aromatic carbocycles. The molecule has 3 nitrogen and oxygen atoms in total. The van der Waals surface area contributed by atoms with E-state index in [0.29, 0.717) is 19.1 Å². The van der Waals surface area contributed by atoms with E-state index in [2.05, 4.69) is 12.6 Å². The van der Waals surface area contributed by atoms with Gasteiger partial charge < -0.3 is 9.47 Å². The van der Waals surface area contributed by atoms with Gasteiger partial charge in [-0.1, -0.05) is 39.0 Å². The Kier molecular flexibility index (Phi) is 12.4. The lowest BCUT2D eigenvalue weighted by Crippen LogP contribution is -2.15. The summed E-state index contributed by atoms with van der Waals surface area (Å²) in [5, 5.41) is 0.0746. The Morgan fingerprint density at radius 1 is 1.14 bits per heavy atom. The topological polar surface area (TPSA) is 35.5 Å². The minimum Gasteiger partial charge on any atom is -0.465 e. The SMILES string of the molecule is CC(S)CC(=O)OCCSCCCOC1CCCCCCC1. The van der Waals surface area contributed by atoms with Crippen LogP contribution in [0.2, 0.25) is 0 Å². The molecule has 0 radical (unpaired) electrons. The van der Waals surface area contributed by atoms with Crippen molar-refractivity contribution in [1.82, 2.24) is 0 Å². The fourth-order valence-electron chi connectivity index (χ4n) is 2.61. The lowest BCUT2D eigenvalue weighted by molar-refractivity contribution is -0.142. The number of ether oxygens (including phenoxy) is 2. The zero-order valence-electron chi connectivity index (χ0n) is 13.9. The second-order valence-electron chi connectivity index (χ2n) is 6.08. The van der Waals surface area contributed by atoms with Gasteiger partial charge in [0.2, 0.25) is 0 Å². The van der Waals surface area contributed by atoms with Gasteiger partial charge in [0.15, 0.2) is 0 Å². The molecule has 1 fully saturated rings. The molecule has 0 bridgehead atoms. The molecule has 1 rings (SSSR count). The fraction of sp³-hybridized carbons (Fsp3) is 0.941. The Labute approximate surface area is 145 Å². The molecule has 0 aromatic heterocycles. The van der Waals surface area contributed by atoms with Crippen LogP contribution in [-0.4, -0.2) is 42.0 Å². The van der Waals surface area contributed by atoms with E-state index in [4.69, 9.17) is 9.47 Å². The van der Waals surface area contributed by atoms with Gasteiger partial charge in [-0.15, -0.1) is 0 Å². The van der Waals surface area contributed by atoms with Crippen LogP contribution in [-0.2, 0) is 14.3 Å². The van der Waals surface area contributed by atoms with Crippen LogP contribution in [0.3, 0.4) is 0 Å². The van der Waals surface area contributed by atoms with Crippen LogP contribution in [0.15, 0.2) is 0 Å². The molecule has 0 heterocycles. The average molecular weight is 349 g/mol. The van der Waals surface area contributed by atoms with E-state index in [9.17, 15) is 4.79 Å². The highest BCUT2D eigenvalue weighted by atomic mass is 32.2. The van der Waals surface area contributed by atoms with Crippen LogP contribution in [0.25, 0.3) is 0 Å². The van der Waals surface area contributed by atoms with Crippen LogP contribution >= 0.6 is 24.4 Å².